The van der Waals surface area contributed by atoms with E-state index in [0.29, 0.717) is 18.4 Å². The number of likely N-dealkylation sites (N-methyl/N-ethyl adjacent to an activating group) is 1. The number of guanidine groups is 1. The van der Waals surface area contributed by atoms with Crippen molar-refractivity contribution in [2.75, 3.05) is 27.2 Å². The molecule has 22 heavy (non-hydrogen) atoms. The first-order chi connectivity index (χ1) is 9.90. The largest absolute Gasteiger partial charge is 0.370 e. The van der Waals surface area contributed by atoms with E-state index in [-0.39, 0.29) is 35.8 Å². The standard InChI is InChI=1S/C16H27FN4.HI/c1-12(2)8-9-19-16(18)20-11-15(21(3)4)13-6-5-7-14(17)10-13;/h5-7,10,12,15H,8-9,11H2,1-4H3,(H3,18,19,20);1H. The van der Waals surface area contributed by atoms with Gasteiger partial charge in [-0.3, -0.25) is 4.99 Å². The van der Waals surface area contributed by atoms with Crippen molar-refractivity contribution in [2.45, 2.75) is 26.3 Å². The van der Waals surface area contributed by atoms with Gasteiger partial charge in [0.25, 0.3) is 0 Å². The maximum Gasteiger partial charge on any atom is 0.188 e. The Labute approximate surface area is 150 Å². The molecule has 4 nitrogen and oxygen atoms in total. The molecule has 0 saturated carbocycles. The summed E-state index contributed by atoms with van der Waals surface area (Å²) >= 11 is 0. The topological polar surface area (TPSA) is 53.6 Å². The summed E-state index contributed by atoms with van der Waals surface area (Å²) in [6, 6.07) is 6.62. The molecule has 0 aliphatic carbocycles. The second-order valence-electron chi connectivity index (χ2n) is 5.87. The van der Waals surface area contributed by atoms with Crippen molar-refractivity contribution in [3.8, 4) is 0 Å². The van der Waals surface area contributed by atoms with E-state index >= 15 is 0 Å². The molecule has 1 aromatic rings. The van der Waals surface area contributed by atoms with Crippen LogP contribution in [-0.4, -0.2) is 38.0 Å². The second-order valence-corrected chi connectivity index (χ2v) is 5.87. The minimum Gasteiger partial charge on any atom is -0.370 e. The van der Waals surface area contributed by atoms with Crippen molar-refractivity contribution < 1.29 is 4.39 Å². The van der Waals surface area contributed by atoms with E-state index in [0.717, 1.165) is 18.5 Å². The summed E-state index contributed by atoms with van der Waals surface area (Å²) in [5.74, 6) is 0.845. The van der Waals surface area contributed by atoms with Gasteiger partial charge in [0.1, 0.15) is 5.82 Å². The summed E-state index contributed by atoms with van der Waals surface area (Å²) in [6.07, 6.45) is 1.05. The molecular formula is C16H28FIN4. The summed E-state index contributed by atoms with van der Waals surface area (Å²) < 4.78 is 13.3. The van der Waals surface area contributed by atoms with E-state index in [9.17, 15) is 4.39 Å². The molecule has 1 unspecified atom stereocenters. The molecule has 0 radical (unpaired) electrons. The molecule has 0 amide bonds. The van der Waals surface area contributed by atoms with E-state index in [4.69, 9.17) is 5.73 Å². The molecule has 0 spiro atoms. The number of aliphatic imine (C=N–C) groups is 1. The number of hydrogen-bond acceptors (Lipinski definition) is 2. The van der Waals surface area contributed by atoms with Gasteiger partial charge in [0, 0.05) is 6.54 Å². The first-order valence-corrected chi connectivity index (χ1v) is 7.35. The summed E-state index contributed by atoms with van der Waals surface area (Å²) in [4.78, 5) is 6.38. The summed E-state index contributed by atoms with van der Waals surface area (Å²) in [5, 5.41) is 3.11. The predicted octanol–water partition coefficient (Wildman–Crippen LogP) is 3.00. The van der Waals surface area contributed by atoms with Gasteiger partial charge in [0.2, 0.25) is 0 Å². The smallest absolute Gasteiger partial charge is 0.188 e. The molecule has 126 valence electrons. The monoisotopic (exact) mass is 422 g/mol. The van der Waals surface area contributed by atoms with Crippen LogP contribution >= 0.6 is 24.0 Å². The van der Waals surface area contributed by atoms with Crippen molar-refractivity contribution in [3.63, 3.8) is 0 Å². The fourth-order valence-electron chi connectivity index (χ4n) is 2.01. The summed E-state index contributed by atoms with van der Waals surface area (Å²) in [6.45, 7) is 5.65. The number of hydrogen-bond donors (Lipinski definition) is 2. The summed E-state index contributed by atoms with van der Waals surface area (Å²) in [5.41, 5.74) is 6.76. The zero-order valence-electron chi connectivity index (χ0n) is 13.8. The van der Waals surface area contributed by atoms with Crippen LogP contribution in [0.25, 0.3) is 0 Å². The number of rotatable bonds is 7. The summed E-state index contributed by atoms with van der Waals surface area (Å²) in [7, 11) is 3.90. The van der Waals surface area contributed by atoms with Crippen LogP contribution in [0.5, 0.6) is 0 Å². The van der Waals surface area contributed by atoms with Gasteiger partial charge in [-0.1, -0.05) is 26.0 Å². The Morgan fingerprint density at radius 1 is 1.36 bits per heavy atom. The molecule has 1 aromatic carbocycles. The minimum atomic E-state index is -0.230. The molecule has 6 heteroatoms. The maximum atomic E-state index is 13.3. The van der Waals surface area contributed by atoms with Gasteiger partial charge in [0.05, 0.1) is 12.6 Å². The Morgan fingerprint density at radius 3 is 2.59 bits per heavy atom. The van der Waals surface area contributed by atoms with E-state index < -0.39 is 0 Å². The third-order valence-electron chi connectivity index (χ3n) is 3.32. The molecule has 0 aliphatic heterocycles. The van der Waals surface area contributed by atoms with Gasteiger partial charge in [-0.15, -0.1) is 24.0 Å². The number of nitrogens with two attached hydrogens (primary N) is 1. The van der Waals surface area contributed by atoms with Crippen LogP contribution in [0.2, 0.25) is 0 Å². The van der Waals surface area contributed by atoms with E-state index in [1.807, 2.05) is 25.1 Å². The van der Waals surface area contributed by atoms with Crippen molar-refractivity contribution in [2.24, 2.45) is 16.6 Å². The highest BCUT2D eigenvalue weighted by Crippen LogP contribution is 2.19. The number of nitrogens with zero attached hydrogens (tertiary/aromatic N) is 2. The second kappa shape index (κ2) is 10.8. The number of nitrogens with one attached hydrogen (secondary N) is 1. The van der Waals surface area contributed by atoms with E-state index in [1.165, 1.54) is 6.07 Å². The lowest BCUT2D eigenvalue weighted by Crippen LogP contribution is -2.34. The Bertz CT molecular complexity index is 463. The molecule has 1 atom stereocenters. The molecule has 0 aromatic heterocycles. The molecule has 1 rings (SSSR count). The fraction of sp³-hybridized carbons (Fsp3) is 0.562. The molecule has 3 N–H and O–H groups in total. The average Bonchev–Trinajstić information content (AvgIpc) is 2.38. The first kappa shape index (κ1) is 21.1. The molecule has 0 bridgehead atoms. The Kier molecular flexibility index (Phi) is 10.3. The fourth-order valence-corrected chi connectivity index (χ4v) is 2.01. The molecular weight excluding hydrogens is 394 g/mol. The van der Waals surface area contributed by atoms with Gasteiger partial charge in [0.15, 0.2) is 5.96 Å². The van der Waals surface area contributed by atoms with Gasteiger partial charge in [-0.25, -0.2) is 4.39 Å². The van der Waals surface area contributed by atoms with Crippen molar-refractivity contribution in [1.82, 2.24) is 10.2 Å². The quantitative estimate of drug-likeness (QED) is 0.404. The van der Waals surface area contributed by atoms with E-state index in [1.54, 1.807) is 12.1 Å². The zero-order chi connectivity index (χ0) is 15.8. The van der Waals surface area contributed by atoms with Gasteiger partial charge in [-0.05, 0) is 44.1 Å². The minimum absolute atomic E-state index is 0. The Balaban J connectivity index is 0.00000441. The highest BCUT2D eigenvalue weighted by Gasteiger charge is 2.14. The number of benzene rings is 1. The lowest BCUT2D eigenvalue weighted by Gasteiger charge is -2.23. The molecule has 0 aliphatic rings. The lowest BCUT2D eigenvalue weighted by molar-refractivity contribution is 0.305. The van der Waals surface area contributed by atoms with Crippen LogP contribution in [-0.2, 0) is 0 Å². The average molecular weight is 422 g/mol. The normalized spacial score (nSPS) is 13.1. The predicted molar refractivity (Wildman–Crippen MR) is 102 cm³/mol. The molecule has 0 heterocycles. The highest BCUT2D eigenvalue weighted by atomic mass is 127. The van der Waals surface area contributed by atoms with Crippen LogP contribution < -0.4 is 11.1 Å². The third-order valence-corrected chi connectivity index (χ3v) is 3.32. The highest BCUT2D eigenvalue weighted by molar-refractivity contribution is 14.0. The van der Waals surface area contributed by atoms with Gasteiger partial charge in [-0.2, -0.15) is 0 Å². The van der Waals surface area contributed by atoms with Crippen LogP contribution in [0.1, 0.15) is 31.9 Å². The van der Waals surface area contributed by atoms with Crippen molar-refractivity contribution >= 4 is 29.9 Å². The van der Waals surface area contributed by atoms with E-state index in [2.05, 4.69) is 24.2 Å². The van der Waals surface area contributed by atoms with Crippen LogP contribution in [0.3, 0.4) is 0 Å². The maximum absolute atomic E-state index is 13.3. The lowest BCUT2D eigenvalue weighted by atomic mass is 10.1. The van der Waals surface area contributed by atoms with Crippen molar-refractivity contribution in [3.05, 3.63) is 35.6 Å². The number of halogens is 2. The van der Waals surface area contributed by atoms with Crippen LogP contribution in [0.4, 0.5) is 4.39 Å². The Hall–Kier alpha value is -0.890. The first-order valence-electron chi connectivity index (χ1n) is 7.35. The molecule has 0 fully saturated rings. The SMILES string of the molecule is CC(C)CCNC(N)=NCC(c1cccc(F)c1)N(C)C.I. The van der Waals surface area contributed by atoms with Crippen LogP contribution in [0, 0.1) is 11.7 Å². The van der Waals surface area contributed by atoms with Gasteiger partial charge < -0.3 is 16.0 Å². The zero-order valence-corrected chi connectivity index (χ0v) is 16.2. The van der Waals surface area contributed by atoms with Gasteiger partial charge >= 0.3 is 0 Å². The van der Waals surface area contributed by atoms with Crippen molar-refractivity contribution in [1.29, 1.82) is 0 Å². The third kappa shape index (κ3) is 7.93. The van der Waals surface area contributed by atoms with Crippen LogP contribution in [0.15, 0.2) is 29.3 Å². The Morgan fingerprint density at radius 2 is 2.05 bits per heavy atom. The molecule has 0 saturated heterocycles.